The zero-order valence-corrected chi connectivity index (χ0v) is 21.4. The number of ether oxygens (including phenoxy) is 1. The van der Waals surface area contributed by atoms with Crippen molar-refractivity contribution in [3.8, 4) is 0 Å². The molecule has 170 valence electrons. The minimum absolute atomic E-state index is 0.280. The number of aliphatic imine (C=N–C) groups is 1. The fraction of sp³-hybridized carbons (Fsp3) is 0.111. The molecule has 0 N–H and O–H groups in total. The van der Waals surface area contributed by atoms with E-state index in [2.05, 4.69) is 26.2 Å². The van der Waals surface area contributed by atoms with Crippen LogP contribution in [0.25, 0.3) is 11.4 Å². The molecule has 2 aliphatic rings. The summed E-state index contributed by atoms with van der Waals surface area (Å²) in [5.74, 6) is -0.371. The molecule has 0 amide bonds. The maximum absolute atomic E-state index is 13.5. The van der Waals surface area contributed by atoms with Gasteiger partial charge in [0.15, 0.2) is 5.17 Å². The molecule has 3 aromatic rings. The number of amidine groups is 1. The average Bonchev–Trinajstić information content (AvgIpc) is 3.28. The fourth-order valence-corrected chi connectivity index (χ4v) is 5.41. The van der Waals surface area contributed by atoms with Gasteiger partial charge in [0, 0.05) is 20.5 Å². The zero-order chi connectivity index (χ0) is 23.7. The van der Waals surface area contributed by atoms with Crippen LogP contribution in [0.2, 0.25) is 5.02 Å². The summed E-state index contributed by atoms with van der Waals surface area (Å²) in [4.78, 5) is 20.6. The summed E-state index contributed by atoms with van der Waals surface area (Å²) in [5.41, 5.74) is 4.95. The standard InChI is InChI=1S/C27H20BrClN2O2S/c1-2-33-26(32)23-24(18-6-4-3-5-7-18)30-27-31(25(23)19-8-12-20(28)13-9-19)22(16-34-27)17-10-14-21(29)15-11-17/h3-16,25H,2H2,1H3. The van der Waals surface area contributed by atoms with Crippen LogP contribution in [0.4, 0.5) is 0 Å². The van der Waals surface area contributed by atoms with E-state index in [0.717, 1.165) is 32.0 Å². The fourth-order valence-electron chi connectivity index (χ4n) is 4.09. The summed E-state index contributed by atoms with van der Waals surface area (Å²) in [5, 5.41) is 3.56. The lowest BCUT2D eigenvalue weighted by Gasteiger charge is -2.37. The summed E-state index contributed by atoms with van der Waals surface area (Å²) in [7, 11) is 0. The van der Waals surface area contributed by atoms with Crippen LogP contribution < -0.4 is 0 Å². The molecular weight excluding hydrogens is 532 g/mol. The summed E-state index contributed by atoms with van der Waals surface area (Å²) < 4.78 is 6.54. The van der Waals surface area contributed by atoms with Gasteiger partial charge >= 0.3 is 5.97 Å². The molecule has 1 unspecified atom stereocenters. The van der Waals surface area contributed by atoms with Crippen LogP contribution in [0.3, 0.4) is 0 Å². The van der Waals surface area contributed by atoms with Gasteiger partial charge in [0.2, 0.25) is 0 Å². The smallest absolute Gasteiger partial charge is 0.338 e. The Labute approximate surface area is 216 Å². The molecule has 1 atom stereocenters. The highest BCUT2D eigenvalue weighted by molar-refractivity contribution is 9.10. The molecule has 0 spiro atoms. The van der Waals surface area contributed by atoms with Crippen LogP contribution in [0.15, 0.2) is 99.3 Å². The molecule has 0 saturated heterocycles. The Kier molecular flexibility index (Phi) is 6.63. The lowest BCUT2D eigenvalue weighted by atomic mass is 9.91. The molecule has 0 fully saturated rings. The van der Waals surface area contributed by atoms with Gasteiger partial charge < -0.3 is 9.64 Å². The highest BCUT2D eigenvalue weighted by Gasteiger charge is 2.42. The molecule has 2 heterocycles. The van der Waals surface area contributed by atoms with Crippen LogP contribution in [0.1, 0.15) is 29.7 Å². The Morgan fingerprint density at radius 1 is 1.03 bits per heavy atom. The van der Waals surface area contributed by atoms with Crippen LogP contribution in [0, 0.1) is 0 Å². The van der Waals surface area contributed by atoms with Crippen molar-refractivity contribution in [1.29, 1.82) is 0 Å². The number of nitrogens with zero attached hydrogens (tertiary/aromatic N) is 2. The number of halogens is 2. The third-order valence-electron chi connectivity index (χ3n) is 5.60. The first kappa shape index (κ1) is 23.0. The third kappa shape index (κ3) is 4.33. The van der Waals surface area contributed by atoms with Crippen LogP contribution in [0.5, 0.6) is 0 Å². The normalized spacial score (nSPS) is 17.3. The van der Waals surface area contributed by atoms with E-state index in [1.54, 1.807) is 11.8 Å². The van der Waals surface area contributed by atoms with E-state index in [1.165, 1.54) is 0 Å². The predicted molar refractivity (Wildman–Crippen MR) is 143 cm³/mol. The molecule has 5 rings (SSSR count). The van der Waals surface area contributed by atoms with Gasteiger partial charge in [-0.2, -0.15) is 0 Å². The average molecular weight is 552 g/mol. The quantitative estimate of drug-likeness (QED) is 0.307. The molecule has 0 radical (unpaired) electrons. The summed E-state index contributed by atoms with van der Waals surface area (Å²) >= 11 is 11.2. The van der Waals surface area contributed by atoms with Crippen molar-refractivity contribution in [3.63, 3.8) is 0 Å². The van der Waals surface area contributed by atoms with Crippen molar-refractivity contribution in [1.82, 2.24) is 4.90 Å². The number of rotatable bonds is 5. The predicted octanol–water partition coefficient (Wildman–Crippen LogP) is 7.54. The van der Waals surface area contributed by atoms with Gasteiger partial charge in [-0.3, -0.25) is 0 Å². The lowest BCUT2D eigenvalue weighted by molar-refractivity contribution is -0.139. The minimum Gasteiger partial charge on any atom is -0.463 e. The van der Waals surface area contributed by atoms with E-state index in [4.69, 9.17) is 21.3 Å². The number of fused-ring (bicyclic) bond motifs is 1. The molecule has 34 heavy (non-hydrogen) atoms. The summed E-state index contributed by atoms with van der Waals surface area (Å²) in [6.07, 6.45) is 0. The maximum atomic E-state index is 13.5. The second-order valence-electron chi connectivity index (χ2n) is 7.70. The van der Waals surface area contributed by atoms with E-state index < -0.39 is 6.04 Å². The zero-order valence-electron chi connectivity index (χ0n) is 18.2. The first-order valence-electron chi connectivity index (χ1n) is 10.8. The highest BCUT2D eigenvalue weighted by Crippen LogP contribution is 2.48. The third-order valence-corrected chi connectivity index (χ3v) is 7.22. The minimum atomic E-state index is -0.410. The first-order valence-corrected chi connectivity index (χ1v) is 12.8. The van der Waals surface area contributed by atoms with Gasteiger partial charge in [-0.05, 0) is 42.3 Å². The number of hydrogen-bond donors (Lipinski definition) is 0. The molecule has 7 heteroatoms. The van der Waals surface area contributed by atoms with Gasteiger partial charge in [0.25, 0.3) is 0 Å². The van der Waals surface area contributed by atoms with Crippen molar-refractivity contribution in [2.24, 2.45) is 4.99 Å². The number of carbonyl (C=O) groups excluding carboxylic acids is 1. The van der Waals surface area contributed by atoms with E-state index in [9.17, 15) is 4.79 Å². The van der Waals surface area contributed by atoms with Gasteiger partial charge in [0.1, 0.15) is 0 Å². The molecule has 0 saturated carbocycles. The number of hydrogen-bond acceptors (Lipinski definition) is 5. The number of benzene rings is 3. The second-order valence-corrected chi connectivity index (χ2v) is 9.88. The van der Waals surface area contributed by atoms with Gasteiger partial charge in [-0.25, -0.2) is 9.79 Å². The lowest BCUT2D eigenvalue weighted by Crippen LogP contribution is -2.36. The van der Waals surface area contributed by atoms with Gasteiger partial charge in [0.05, 0.1) is 29.6 Å². The van der Waals surface area contributed by atoms with Crippen molar-refractivity contribution >= 4 is 61.8 Å². The molecule has 0 aromatic heterocycles. The van der Waals surface area contributed by atoms with Gasteiger partial charge in [-0.1, -0.05) is 93.9 Å². The van der Waals surface area contributed by atoms with Crippen LogP contribution >= 0.6 is 39.3 Å². The summed E-state index contributed by atoms with van der Waals surface area (Å²) in [6.45, 7) is 2.10. The van der Waals surface area contributed by atoms with E-state index in [0.29, 0.717) is 16.3 Å². The maximum Gasteiger partial charge on any atom is 0.338 e. The van der Waals surface area contributed by atoms with Crippen molar-refractivity contribution < 1.29 is 9.53 Å². The largest absolute Gasteiger partial charge is 0.463 e. The molecule has 4 nitrogen and oxygen atoms in total. The van der Waals surface area contributed by atoms with Crippen molar-refractivity contribution in [3.05, 3.63) is 116 Å². The molecule has 2 aliphatic heterocycles. The van der Waals surface area contributed by atoms with Crippen molar-refractivity contribution in [2.45, 2.75) is 13.0 Å². The second kappa shape index (κ2) is 9.82. The molecule has 0 bridgehead atoms. The number of esters is 1. The monoisotopic (exact) mass is 550 g/mol. The SMILES string of the molecule is CCOC(=O)C1=C(c2ccccc2)N=C2SC=C(c3ccc(Cl)cc3)N2C1c1ccc(Br)cc1. The highest BCUT2D eigenvalue weighted by atomic mass is 79.9. The Morgan fingerprint density at radius 2 is 1.74 bits per heavy atom. The number of thioether (sulfide) groups is 1. The topological polar surface area (TPSA) is 41.9 Å². The molecular formula is C27H20BrClN2O2S. The van der Waals surface area contributed by atoms with Crippen LogP contribution in [-0.4, -0.2) is 22.6 Å². The first-order chi connectivity index (χ1) is 16.6. The van der Waals surface area contributed by atoms with E-state index in [1.807, 2.05) is 85.8 Å². The van der Waals surface area contributed by atoms with E-state index >= 15 is 0 Å². The Balaban J connectivity index is 1.73. The van der Waals surface area contributed by atoms with Crippen LogP contribution in [-0.2, 0) is 9.53 Å². The Hall–Kier alpha value is -2.80. The molecule has 0 aliphatic carbocycles. The van der Waals surface area contributed by atoms with E-state index in [-0.39, 0.29) is 12.6 Å². The molecule has 3 aromatic carbocycles. The number of carbonyl (C=O) groups is 1. The Morgan fingerprint density at radius 3 is 2.41 bits per heavy atom. The Bertz CT molecular complexity index is 1320. The van der Waals surface area contributed by atoms with Gasteiger partial charge in [-0.15, -0.1) is 0 Å². The summed E-state index contributed by atoms with van der Waals surface area (Å²) in [6, 6.07) is 25.1. The van der Waals surface area contributed by atoms with Crippen molar-refractivity contribution in [2.75, 3.05) is 6.61 Å².